The zero-order chi connectivity index (χ0) is 21.5. The summed E-state index contributed by atoms with van der Waals surface area (Å²) in [5.74, 6) is -0.922. The van der Waals surface area contributed by atoms with Gasteiger partial charge in [0.15, 0.2) is 0 Å². The number of hydrogen-bond donors (Lipinski definition) is 1. The van der Waals surface area contributed by atoms with Crippen LogP contribution in [0.3, 0.4) is 0 Å². The molecule has 3 aromatic carbocycles. The number of rotatable bonds is 6. The maximum atomic E-state index is 14.0. The molecular weight excluding hydrogens is 564 g/mol. The predicted molar refractivity (Wildman–Crippen MR) is 124 cm³/mol. The van der Waals surface area contributed by atoms with Gasteiger partial charge >= 0.3 is 0 Å². The second kappa shape index (κ2) is 10.3. The first-order chi connectivity index (χ1) is 14.5. The van der Waals surface area contributed by atoms with Gasteiger partial charge in [-0.2, -0.15) is 10.4 Å². The van der Waals surface area contributed by atoms with E-state index in [1.54, 1.807) is 12.1 Å². The van der Waals surface area contributed by atoms with Crippen molar-refractivity contribution in [1.82, 2.24) is 5.43 Å². The number of hydrogen-bond acceptors (Lipinski definition) is 4. The first-order valence-electron chi connectivity index (χ1n) is 8.66. The molecule has 0 aliphatic heterocycles. The highest BCUT2D eigenvalue weighted by atomic mass is 127. The van der Waals surface area contributed by atoms with Crippen molar-refractivity contribution in [3.63, 3.8) is 0 Å². The summed E-state index contributed by atoms with van der Waals surface area (Å²) in [5, 5.41) is 12.7. The monoisotopic (exact) mass is 577 g/mol. The molecule has 5 nitrogen and oxygen atoms in total. The molecule has 0 aromatic heterocycles. The molecule has 30 heavy (non-hydrogen) atoms. The van der Waals surface area contributed by atoms with Crippen molar-refractivity contribution < 1.29 is 13.9 Å². The first kappa shape index (κ1) is 21.9. The molecule has 0 saturated heterocycles. The SMILES string of the molecule is N#Cc1ccc(C(=O)N/N=C\c2cc(Br)ccc2OCc2ccc(I)cc2)c(F)c1. The van der Waals surface area contributed by atoms with E-state index in [9.17, 15) is 9.18 Å². The molecule has 0 bridgehead atoms. The van der Waals surface area contributed by atoms with E-state index < -0.39 is 11.7 Å². The van der Waals surface area contributed by atoms with Gasteiger partial charge in [0.1, 0.15) is 18.2 Å². The van der Waals surface area contributed by atoms with Gasteiger partial charge in [-0.25, -0.2) is 9.82 Å². The van der Waals surface area contributed by atoms with Crippen LogP contribution in [-0.2, 0) is 6.61 Å². The van der Waals surface area contributed by atoms with Gasteiger partial charge in [0.2, 0.25) is 0 Å². The van der Waals surface area contributed by atoms with Gasteiger partial charge in [-0.15, -0.1) is 0 Å². The fraction of sp³-hybridized carbons (Fsp3) is 0.0455. The average Bonchev–Trinajstić information content (AvgIpc) is 2.74. The molecule has 0 aliphatic rings. The van der Waals surface area contributed by atoms with E-state index in [1.807, 2.05) is 36.4 Å². The lowest BCUT2D eigenvalue weighted by atomic mass is 10.1. The van der Waals surface area contributed by atoms with Gasteiger partial charge in [-0.3, -0.25) is 4.79 Å². The molecule has 150 valence electrons. The van der Waals surface area contributed by atoms with Crippen LogP contribution in [0.15, 0.2) is 70.2 Å². The van der Waals surface area contributed by atoms with Gasteiger partial charge in [-0.1, -0.05) is 28.1 Å². The van der Waals surface area contributed by atoms with Gasteiger partial charge in [0.05, 0.1) is 23.4 Å². The van der Waals surface area contributed by atoms with Gasteiger partial charge in [0, 0.05) is 13.6 Å². The lowest BCUT2D eigenvalue weighted by Crippen LogP contribution is -2.19. The van der Waals surface area contributed by atoms with E-state index in [0.29, 0.717) is 17.9 Å². The largest absolute Gasteiger partial charge is 0.488 e. The average molecular weight is 578 g/mol. The predicted octanol–water partition coefficient (Wildman–Crippen LogP) is 5.41. The molecular formula is C22H14BrFIN3O2. The summed E-state index contributed by atoms with van der Waals surface area (Å²) < 4.78 is 21.8. The Balaban J connectivity index is 1.70. The van der Waals surface area contributed by atoms with E-state index in [-0.39, 0.29) is 11.1 Å². The molecule has 1 amide bonds. The normalized spacial score (nSPS) is 10.6. The van der Waals surface area contributed by atoms with Crippen LogP contribution < -0.4 is 10.2 Å². The zero-order valence-corrected chi connectivity index (χ0v) is 19.1. The van der Waals surface area contributed by atoms with Crippen molar-refractivity contribution in [2.24, 2.45) is 5.10 Å². The molecule has 0 atom stereocenters. The van der Waals surface area contributed by atoms with Crippen LogP contribution in [0.2, 0.25) is 0 Å². The summed E-state index contributed by atoms with van der Waals surface area (Å²) >= 11 is 5.64. The summed E-state index contributed by atoms with van der Waals surface area (Å²) in [6.07, 6.45) is 1.42. The highest BCUT2D eigenvalue weighted by Crippen LogP contribution is 2.23. The molecule has 0 radical (unpaired) electrons. The van der Waals surface area contributed by atoms with Crippen LogP contribution in [0.25, 0.3) is 0 Å². The number of amides is 1. The van der Waals surface area contributed by atoms with Gasteiger partial charge < -0.3 is 4.74 Å². The molecule has 3 rings (SSSR count). The van der Waals surface area contributed by atoms with Crippen molar-refractivity contribution in [2.45, 2.75) is 6.61 Å². The van der Waals surface area contributed by atoms with Crippen LogP contribution in [-0.4, -0.2) is 12.1 Å². The Kier molecular flexibility index (Phi) is 7.54. The maximum Gasteiger partial charge on any atom is 0.274 e. The number of ether oxygens (including phenoxy) is 1. The van der Waals surface area contributed by atoms with E-state index in [4.69, 9.17) is 10.00 Å². The Morgan fingerprint density at radius 2 is 1.97 bits per heavy atom. The number of nitriles is 1. The van der Waals surface area contributed by atoms with Crippen LogP contribution in [0, 0.1) is 20.7 Å². The number of halogens is 3. The third-order valence-electron chi connectivity index (χ3n) is 3.99. The van der Waals surface area contributed by atoms with Crippen molar-refractivity contribution in [2.75, 3.05) is 0 Å². The summed E-state index contributed by atoms with van der Waals surface area (Å²) in [4.78, 5) is 12.2. The smallest absolute Gasteiger partial charge is 0.274 e. The fourth-order valence-electron chi connectivity index (χ4n) is 2.48. The van der Waals surface area contributed by atoms with E-state index in [2.05, 4.69) is 49.0 Å². The van der Waals surface area contributed by atoms with Crippen molar-refractivity contribution in [3.8, 4) is 11.8 Å². The second-order valence-electron chi connectivity index (χ2n) is 6.10. The number of carbonyl (C=O) groups excluding carboxylic acids is 1. The zero-order valence-electron chi connectivity index (χ0n) is 15.4. The summed E-state index contributed by atoms with van der Waals surface area (Å²) in [6.45, 7) is 0.377. The van der Waals surface area contributed by atoms with Gasteiger partial charge in [0.25, 0.3) is 5.91 Å². The third-order valence-corrected chi connectivity index (χ3v) is 5.20. The van der Waals surface area contributed by atoms with Crippen molar-refractivity contribution in [1.29, 1.82) is 5.26 Å². The highest BCUT2D eigenvalue weighted by Gasteiger charge is 2.11. The minimum absolute atomic E-state index is 0.136. The van der Waals surface area contributed by atoms with E-state index in [1.165, 1.54) is 18.3 Å². The molecule has 0 aliphatic carbocycles. The number of nitrogens with one attached hydrogen (secondary N) is 1. The summed E-state index contributed by atoms with van der Waals surface area (Å²) in [6, 6.07) is 18.8. The molecule has 0 fully saturated rings. The van der Waals surface area contributed by atoms with Crippen LogP contribution in [0.4, 0.5) is 4.39 Å². The topological polar surface area (TPSA) is 74.5 Å². The Hall–Kier alpha value is -2.77. The molecule has 0 unspecified atom stereocenters. The minimum atomic E-state index is -0.786. The maximum absolute atomic E-state index is 14.0. The fourth-order valence-corrected chi connectivity index (χ4v) is 3.22. The van der Waals surface area contributed by atoms with Crippen molar-refractivity contribution in [3.05, 3.63) is 96.8 Å². The lowest BCUT2D eigenvalue weighted by Gasteiger charge is -2.10. The Morgan fingerprint density at radius 3 is 2.67 bits per heavy atom. The Bertz CT molecular complexity index is 1140. The van der Waals surface area contributed by atoms with Crippen molar-refractivity contribution >= 4 is 50.6 Å². The van der Waals surface area contributed by atoms with Gasteiger partial charge in [-0.05, 0) is 76.7 Å². The van der Waals surface area contributed by atoms with Crippen LogP contribution in [0.1, 0.15) is 27.0 Å². The molecule has 0 spiro atoms. The Morgan fingerprint density at radius 1 is 1.20 bits per heavy atom. The standard InChI is InChI=1S/C22H14BrFIN3O2/c23-17-4-8-21(30-13-14-1-5-18(25)6-2-14)16(10-17)12-27-28-22(29)19-7-3-15(11-26)9-20(19)24/h1-10,12H,13H2,(H,28,29)/b27-12-. The molecule has 3 aromatic rings. The number of nitrogens with zero attached hydrogens (tertiary/aromatic N) is 2. The van der Waals surface area contributed by atoms with Crippen LogP contribution >= 0.6 is 38.5 Å². The Labute approximate surface area is 194 Å². The molecule has 0 heterocycles. The number of benzene rings is 3. The highest BCUT2D eigenvalue weighted by molar-refractivity contribution is 14.1. The molecule has 1 N–H and O–H groups in total. The lowest BCUT2D eigenvalue weighted by molar-refractivity contribution is 0.0951. The quantitative estimate of drug-likeness (QED) is 0.242. The molecule has 8 heteroatoms. The second-order valence-corrected chi connectivity index (χ2v) is 8.26. The first-order valence-corrected chi connectivity index (χ1v) is 10.5. The van der Waals surface area contributed by atoms with E-state index >= 15 is 0 Å². The summed E-state index contributed by atoms with van der Waals surface area (Å²) in [5.41, 5.74) is 3.88. The molecule has 0 saturated carbocycles. The van der Waals surface area contributed by atoms with E-state index in [0.717, 1.165) is 19.7 Å². The minimum Gasteiger partial charge on any atom is -0.488 e. The van der Waals surface area contributed by atoms with Crippen LogP contribution in [0.5, 0.6) is 5.75 Å². The number of carbonyl (C=O) groups is 1. The summed E-state index contributed by atoms with van der Waals surface area (Å²) in [7, 11) is 0. The number of hydrazone groups is 1. The third kappa shape index (κ3) is 5.87.